The third-order valence-electron chi connectivity index (χ3n) is 5.84. The van der Waals surface area contributed by atoms with Gasteiger partial charge in [0.15, 0.2) is 0 Å². The normalized spacial score (nSPS) is 23.4. The zero-order chi connectivity index (χ0) is 19.5. The first-order chi connectivity index (χ1) is 12.8. The molecule has 2 aliphatic rings. The number of piperidine rings is 1. The maximum Gasteiger partial charge on any atom is 0.573 e. The Labute approximate surface area is 182 Å². The van der Waals surface area contributed by atoms with Gasteiger partial charge in [-0.2, -0.15) is 0 Å². The second-order valence-corrected chi connectivity index (χ2v) is 8.00. The van der Waals surface area contributed by atoms with Crippen molar-refractivity contribution < 1.29 is 23.0 Å². The zero-order valence-electron chi connectivity index (χ0n) is 16.4. The zero-order valence-corrected chi connectivity index (χ0v) is 18.0. The number of hydrogen-bond donors (Lipinski definition) is 2. The Morgan fingerprint density at radius 1 is 1.17 bits per heavy atom. The number of nitrogens with zero attached hydrogens (tertiary/aromatic N) is 1. The van der Waals surface area contributed by atoms with Crippen molar-refractivity contribution >= 4 is 24.8 Å². The molecule has 2 atom stereocenters. The molecule has 2 fully saturated rings. The smallest absolute Gasteiger partial charge is 0.406 e. The molecule has 0 radical (unpaired) electrons. The third-order valence-corrected chi connectivity index (χ3v) is 5.84. The molecule has 0 amide bonds. The van der Waals surface area contributed by atoms with E-state index in [0.29, 0.717) is 24.9 Å². The van der Waals surface area contributed by atoms with Gasteiger partial charge in [0.05, 0.1) is 5.60 Å². The number of ether oxygens (including phenoxy) is 1. The van der Waals surface area contributed by atoms with Gasteiger partial charge in [-0.15, -0.1) is 38.0 Å². The van der Waals surface area contributed by atoms with Gasteiger partial charge in [-0.25, -0.2) is 0 Å². The van der Waals surface area contributed by atoms with Crippen molar-refractivity contribution in [3.05, 3.63) is 29.8 Å². The Kier molecular flexibility index (Phi) is 10.0. The van der Waals surface area contributed by atoms with Crippen molar-refractivity contribution in [2.75, 3.05) is 19.6 Å². The molecule has 3 N–H and O–H groups in total. The summed E-state index contributed by atoms with van der Waals surface area (Å²) in [5.74, 6) is -0.500. The van der Waals surface area contributed by atoms with Crippen LogP contribution >= 0.6 is 24.8 Å². The molecule has 4 nitrogen and oxygen atoms in total. The number of nitrogens with two attached hydrogens (primary N) is 1. The van der Waals surface area contributed by atoms with E-state index in [1.807, 2.05) is 0 Å². The van der Waals surface area contributed by atoms with Gasteiger partial charge < -0.3 is 20.5 Å². The minimum Gasteiger partial charge on any atom is -0.406 e. The monoisotopic (exact) mass is 458 g/mol. The fourth-order valence-electron chi connectivity index (χ4n) is 4.54. The molecule has 0 spiro atoms. The SMILES string of the molecule is Cl.Cl.N[C@H]1CCCN(CC(c2cccc(OC(F)(F)F)c2)C2(O)CCCCC2)C1. The Hall–Kier alpha value is -0.730. The fourth-order valence-corrected chi connectivity index (χ4v) is 4.54. The van der Waals surface area contributed by atoms with Crippen LogP contribution in [0.25, 0.3) is 0 Å². The highest BCUT2D eigenvalue weighted by molar-refractivity contribution is 5.85. The summed E-state index contributed by atoms with van der Waals surface area (Å²) in [6.45, 7) is 2.25. The molecule has 1 aromatic rings. The second-order valence-electron chi connectivity index (χ2n) is 8.00. The Balaban J connectivity index is 0.00000210. The molecule has 9 heteroatoms. The van der Waals surface area contributed by atoms with Gasteiger partial charge in [-0.1, -0.05) is 31.4 Å². The van der Waals surface area contributed by atoms with E-state index in [4.69, 9.17) is 5.73 Å². The highest BCUT2D eigenvalue weighted by Crippen LogP contribution is 2.41. The summed E-state index contributed by atoms with van der Waals surface area (Å²) in [7, 11) is 0. The molecule has 1 saturated carbocycles. The Bertz CT molecular complexity index is 628. The quantitative estimate of drug-likeness (QED) is 0.674. The summed E-state index contributed by atoms with van der Waals surface area (Å²) in [6, 6.07) is 6.20. The highest BCUT2D eigenvalue weighted by atomic mass is 35.5. The van der Waals surface area contributed by atoms with Crippen LogP contribution in [0, 0.1) is 0 Å². The summed E-state index contributed by atoms with van der Waals surface area (Å²) in [6.07, 6.45) is 1.56. The van der Waals surface area contributed by atoms with Crippen LogP contribution in [0.2, 0.25) is 0 Å². The van der Waals surface area contributed by atoms with Crippen LogP contribution in [0.15, 0.2) is 24.3 Å². The van der Waals surface area contributed by atoms with Crippen LogP contribution in [-0.4, -0.2) is 47.6 Å². The van der Waals surface area contributed by atoms with E-state index >= 15 is 0 Å². The van der Waals surface area contributed by atoms with Crippen molar-refractivity contribution in [3.63, 3.8) is 0 Å². The largest absolute Gasteiger partial charge is 0.573 e. The maximum absolute atomic E-state index is 12.6. The molecule has 1 aliphatic carbocycles. The first-order valence-electron chi connectivity index (χ1n) is 9.81. The minimum atomic E-state index is -4.73. The van der Waals surface area contributed by atoms with Crippen LogP contribution < -0.4 is 10.5 Å². The molecular weight excluding hydrogens is 428 g/mol. The lowest BCUT2D eigenvalue weighted by atomic mass is 9.72. The highest BCUT2D eigenvalue weighted by Gasteiger charge is 2.40. The van der Waals surface area contributed by atoms with Crippen molar-refractivity contribution in [3.8, 4) is 5.75 Å². The standard InChI is InChI=1S/C20H29F3N2O2.2ClH/c21-20(22,23)27-17-8-4-6-15(12-17)18(19(26)9-2-1-3-10-19)14-25-11-5-7-16(24)13-25;;/h4,6,8,12,16,18,26H,1-3,5,7,9-11,13-14,24H2;2*1H/t16-,18?;;/m0../s1. The lowest BCUT2D eigenvalue weighted by Crippen LogP contribution is -2.49. The van der Waals surface area contributed by atoms with Crippen LogP contribution in [0.1, 0.15) is 56.4 Å². The first-order valence-corrected chi connectivity index (χ1v) is 9.81. The molecule has 1 aliphatic heterocycles. The van der Waals surface area contributed by atoms with Gasteiger partial charge in [-0.3, -0.25) is 0 Å². The van der Waals surface area contributed by atoms with Gasteiger partial charge in [0.2, 0.25) is 0 Å². The molecule has 0 bridgehead atoms. The van der Waals surface area contributed by atoms with E-state index in [-0.39, 0.29) is 42.5 Å². The van der Waals surface area contributed by atoms with Crippen molar-refractivity contribution in [2.45, 2.75) is 68.9 Å². The number of rotatable bonds is 5. The predicted molar refractivity (Wildman–Crippen MR) is 112 cm³/mol. The number of halogens is 5. The summed E-state index contributed by atoms with van der Waals surface area (Å²) in [4.78, 5) is 2.24. The maximum atomic E-state index is 12.6. The average Bonchev–Trinajstić information content (AvgIpc) is 2.59. The summed E-state index contributed by atoms with van der Waals surface area (Å²) >= 11 is 0. The lowest BCUT2D eigenvalue weighted by molar-refractivity contribution is -0.274. The van der Waals surface area contributed by atoms with Crippen LogP contribution in [0.4, 0.5) is 13.2 Å². The molecule has 1 heterocycles. The van der Waals surface area contributed by atoms with E-state index in [2.05, 4.69) is 9.64 Å². The third kappa shape index (κ3) is 7.47. The molecule has 3 rings (SSSR count). The summed E-state index contributed by atoms with van der Waals surface area (Å²) < 4.78 is 42.0. The average molecular weight is 459 g/mol. The Morgan fingerprint density at radius 3 is 2.48 bits per heavy atom. The molecule has 1 aromatic carbocycles. The number of hydrogen-bond acceptors (Lipinski definition) is 4. The van der Waals surface area contributed by atoms with E-state index in [0.717, 1.165) is 45.2 Å². The van der Waals surface area contributed by atoms with Crippen LogP contribution in [0.5, 0.6) is 5.75 Å². The Morgan fingerprint density at radius 2 is 1.86 bits per heavy atom. The van der Waals surface area contributed by atoms with Gasteiger partial charge in [0.25, 0.3) is 0 Å². The minimum absolute atomic E-state index is 0. The van der Waals surface area contributed by atoms with Crippen LogP contribution in [0.3, 0.4) is 0 Å². The number of likely N-dealkylation sites (tertiary alicyclic amines) is 1. The lowest BCUT2D eigenvalue weighted by Gasteiger charge is -2.43. The number of benzene rings is 1. The number of alkyl halides is 3. The van der Waals surface area contributed by atoms with Crippen LogP contribution in [-0.2, 0) is 0 Å². The molecule has 0 aromatic heterocycles. The molecular formula is C20H31Cl2F3N2O2. The van der Waals surface area contributed by atoms with Gasteiger partial charge >= 0.3 is 6.36 Å². The number of aliphatic hydroxyl groups is 1. The van der Waals surface area contributed by atoms with Gasteiger partial charge in [-0.05, 0) is 49.9 Å². The van der Waals surface area contributed by atoms with E-state index in [9.17, 15) is 18.3 Å². The van der Waals surface area contributed by atoms with E-state index < -0.39 is 12.0 Å². The topological polar surface area (TPSA) is 58.7 Å². The first kappa shape index (κ1) is 26.3. The fraction of sp³-hybridized carbons (Fsp3) is 0.700. The summed E-state index contributed by atoms with van der Waals surface area (Å²) in [5, 5.41) is 11.4. The van der Waals surface area contributed by atoms with E-state index in [1.165, 1.54) is 12.1 Å². The second kappa shape index (κ2) is 11.0. The molecule has 1 saturated heterocycles. The molecule has 168 valence electrons. The predicted octanol–water partition coefficient (Wildman–Crippen LogP) is 4.63. The van der Waals surface area contributed by atoms with Crippen molar-refractivity contribution in [1.29, 1.82) is 0 Å². The van der Waals surface area contributed by atoms with Crippen molar-refractivity contribution in [2.24, 2.45) is 5.73 Å². The van der Waals surface area contributed by atoms with E-state index in [1.54, 1.807) is 12.1 Å². The van der Waals surface area contributed by atoms with Crippen molar-refractivity contribution in [1.82, 2.24) is 4.90 Å². The van der Waals surface area contributed by atoms with Gasteiger partial charge in [0, 0.05) is 25.0 Å². The summed E-state index contributed by atoms with van der Waals surface area (Å²) in [5.41, 5.74) is 5.88. The van der Waals surface area contributed by atoms with Gasteiger partial charge in [0.1, 0.15) is 5.75 Å². The molecule has 1 unspecified atom stereocenters. The molecule has 29 heavy (non-hydrogen) atoms.